The van der Waals surface area contributed by atoms with Crippen LogP contribution in [0.4, 0.5) is 0 Å². The van der Waals surface area contributed by atoms with E-state index in [0.717, 1.165) is 28.5 Å². The molecule has 19 heavy (non-hydrogen) atoms. The highest BCUT2D eigenvalue weighted by Gasteiger charge is 2.12. The van der Waals surface area contributed by atoms with E-state index in [-0.39, 0.29) is 5.75 Å². The highest BCUT2D eigenvalue weighted by atomic mass is 32.2. The number of aromatic amines is 1. The van der Waals surface area contributed by atoms with Crippen molar-refractivity contribution in [3.63, 3.8) is 0 Å². The SMILES string of the molecule is Cc1cc(C)c(-c2nc(SCC(=O)O)n[nH]2)c(C)c1. The topological polar surface area (TPSA) is 78.9 Å². The number of hydrogen-bond acceptors (Lipinski definition) is 4. The molecule has 2 N–H and O–H groups in total. The lowest BCUT2D eigenvalue weighted by atomic mass is 9.99. The maximum absolute atomic E-state index is 10.5. The molecule has 0 spiro atoms. The number of nitrogens with one attached hydrogen (secondary N) is 1. The number of aryl methyl sites for hydroxylation is 3. The summed E-state index contributed by atoms with van der Waals surface area (Å²) in [6, 6.07) is 4.18. The van der Waals surface area contributed by atoms with Gasteiger partial charge in [0.2, 0.25) is 5.16 Å². The first kappa shape index (κ1) is 13.6. The fourth-order valence-corrected chi connectivity index (χ4v) is 2.62. The Balaban J connectivity index is 2.30. The standard InChI is InChI=1S/C13H15N3O2S/c1-7-4-8(2)11(9(3)5-7)12-14-13(16-15-12)19-6-10(17)18/h4-5H,6H2,1-3H3,(H,17,18)(H,14,15,16). The molecule has 0 saturated carbocycles. The molecule has 0 bridgehead atoms. The third-order valence-corrected chi connectivity index (χ3v) is 3.54. The fourth-order valence-electron chi connectivity index (χ4n) is 2.10. The number of thioether (sulfide) groups is 1. The second-order valence-electron chi connectivity index (χ2n) is 4.42. The van der Waals surface area contributed by atoms with Crippen molar-refractivity contribution in [2.75, 3.05) is 5.75 Å². The Hall–Kier alpha value is -1.82. The predicted octanol–water partition coefficient (Wildman–Crippen LogP) is 2.57. The van der Waals surface area contributed by atoms with E-state index in [1.165, 1.54) is 5.56 Å². The summed E-state index contributed by atoms with van der Waals surface area (Å²) in [7, 11) is 0. The van der Waals surface area contributed by atoms with Crippen LogP contribution in [0, 0.1) is 20.8 Å². The summed E-state index contributed by atoms with van der Waals surface area (Å²) in [6.07, 6.45) is 0. The van der Waals surface area contributed by atoms with Gasteiger partial charge in [0.25, 0.3) is 0 Å². The number of carboxylic acids is 1. The Morgan fingerprint density at radius 2 is 1.95 bits per heavy atom. The van der Waals surface area contributed by atoms with E-state index in [9.17, 15) is 4.79 Å². The van der Waals surface area contributed by atoms with Gasteiger partial charge in [-0.3, -0.25) is 9.89 Å². The molecule has 1 aromatic carbocycles. The number of carboxylic acid groups (broad SMARTS) is 1. The van der Waals surface area contributed by atoms with Crippen molar-refractivity contribution in [1.29, 1.82) is 0 Å². The van der Waals surface area contributed by atoms with Crippen LogP contribution in [-0.2, 0) is 4.79 Å². The fraction of sp³-hybridized carbons (Fsp3) is 0.308. The molecular formula is C13H15N3O2S. The van der Waals surface area contributed by atoms with E-state index in [1.54, 1.807) is 0 Å². The summed E-state index contributed by atoms with van der Waals surface area (Å²) in [5.41, 5.74) is 4.49. The van der Waals surface area contributed by atoms with Crippen molar-refractivity contribution in [3.05, 3.63) is 28.8 Å². The van der Waals surface area contributed by atoms with Crippen molar-refractivity contribution in [3.8, 4) is 11.4 Å². The number of hydrogen-bond donors (Lipinski definition) is 2. The Morgan fingerprint density at radius 1 is 1.32 bits per heavy atom. The van der Waals surface area contributed by atoms with Gasteiger partial charge < -0.3 is 5.11 Å². The van der Waals surface area contributed by atoms with Gasteiger partial charge in [-0.15, -0.1) is 5.10 Å². The molecule has 0 saturated heterocycles. The third kappa shape index (κ3) is 3.14. The minimum Gasteiger partial charge on any atom is -0.481 e. The number of benzene rings is 1. The number of rotatable bonds is 4. The highest BCUT2D eigenvalue weighted by molar-refractivity contribution is 7.99. The molecule has 100 valence electrons. The van der Waals surface area contributed by atoms with Gasteiger partial charge in [0.15, 0.2) is 5.82 Å². The minimum atomic E-state index is -0.876. The zero-order valence-corrected chi connectivity index (χ0v) is 11.8. The second-order valence-corrected chi connectivity index (χ2v) is 5.37. The quantitative estimate of drug-likeness (QED) is 0.840. The molecule has 5 nitrogen and oxygen atoms in total. The van der Waals surface area contributed by atoms with Gasteiger partial charge in [0.1, 0.15) is 0 Å². The first-order chi connectivity index (χ1) is 8.97. The summed E-state index contributed by atoms with van der Waals surface area (Å²) in [5, 5.41) is 16.0. The van der Waals surface area contributed by atoms with E-state index in [4.69, 9.17) is 5.11 Å². The molecule has 1 aromatic heterocycles. The molecule has 2 rings (SSSR count). The van der Waals surface area contributed by atoms with Gasteiger partial charge in [0, 0.05) is 5.56 Å². The average molecular weight is 277 g/mol. The van der Waals surface area contributed by atoms with Gasteiger partial charge in [-0.25, -0.2) is 4.98 Å². The molecule has 0 fully saturated rings. The number of aromatic nitrogens is 3. The predicted molar refractivity (Wildman–Crippen MR) is 74.4 cm³/mol. The van der Waals surface area contributed by atoms with E-state index >= 15 is 0 Å². The summed E-state index contributed by atoms with van der Waals surface area (Å²) >= 11 is 1.11. The number of H-pyrrole nitrogens is 1. The Labute approximate surface area is 115 Å². The maximum Gasteiger partial charge on any atom is 0.313 e. The number of aliphatic carboxylic acids is 1. The molecule has 0 aliphatic rings. The zero-order valence-electron chi connectivity index (χ0n) is 11.0. The monoisotopic (exact) mass is 277 g/mol. The van der Waals surface area contributed by atoms with Crippen molar-refractivity contribution < 1.29 is 9.90 Å². The average Bonchev–Trinajstić information content (AvgIpc) is 2.73. The van der Waals surface area contributed by atoms with Crippen LogP contribution in [0.25, 0.3) is 11.4 Å². The molecular weight excluding hydrogens is 262 g/mol. The minimum absolute atomic E-state index is 0.0385. The number of nitrogens with zero attached hydrogens (tertiary/aromatic N) is 2. The maximum atomic E-state index is 10.5. The van der Waals surface area contributed by atoms with Crippen molar-refractivity contribution in [1.82, 2.24) is 15.2 Å². The molecule has 0 aliphatic carbocycles. The van der Waals surface area contributed by atoms with Gasteiger partial charge >= 0.3 is 5.97 Å². The third-order valence-electron chi connectivity index (χ3n) is 2.70. The van der Waals surface area contributed by atoms with E-state index in [1.807, 2.05) is 13.8 Å². The van der Waals surface area contributed by atoms with Crippen LogP contribution in [0.2, 0.25) is 0 Å². The van der Waals surface area contributed by atoms with Crippen LogP contribution < -0.4 is 0 Å². The zero-order chi connectivity index (χ0) is 14.0. The first-order valence-corrected chi connectivity index (χ1v) is 6.81. The normalized spacial score (nSPS) is 10.7. The van der Waals surface area contributed by atoms with Crippen molar-refractivity contribution >= 4 is 17.7 Å². The largest absolute Gasteiger partial charge is 0.481 e. The molecule has 6 heteroatoms. The van der Waals surface area contributed by atoms with Crippen molar-refractivity contribution in [2.24, 2.45) is 0 Å². The van der Waals surface area contributed by atoms with Crippen LogP contribution in [-0.4, -0.2) is 32.0 Å². The van der Waals surface area contributed by atoms with Crippen LogP contribution >= 0.6 is 11.8 Å². The summed E-state index contributed by atoms with van der Waals surface area (Å²) in [6.45, 7) is 6.11. The lowest BCUT2D eigenvalue weighted by Crippen LogP contribution is -1.97. The van der Waals surface area contributed by atoms with Gasteiger partial charge in [-0.1, -0.05) is 29.5 Å². The molecule has 0 atom stereocenters. The molecule has 0 radical (unpaired) electrons. The summed E-state index contributed by atoms with van der Waals surface area (Å²) < 4.78 is 0. The van der Waals surface area contributed by atoms with Gasteiger partial charge in [-0.2, -0.15) is 0 Å². The smallest absolute Gasteiger partial charge is 0.313 e. The Bertz CT molecular complexity index is 599. The number of carbonyl (C=O) groups is 1. The van der Waals surface area contributed by atoms with Crippen LogP contribution in [0.15, 0.2) is 17.3 Å². The van der Waals surface area contributed by atoms with Crippen molar-refractivity contribution in [2.45, 2.75) is 25.9 Å². The molecule has 1 heterocycles. The van der Waals surface area contributed by atoms with Crippen LogP contribution in [0.5, 0.6) is 0 Å². The van der Waals surface area contributed by atoms with E-state index in [2.05, 4.69) is 34.2 Å². The Morgan fingerprint density at radius 3 is 2.53 bits per heavy atom. The van der Waals surface area contributed by atoms with Crippen LogP contribution in [0.3, 0.4) is 0 Å². The van der Waals surface area contributed by atoms with E-state index < -0.39 is 5.97 Å². The lowest BCUT2D eigenvalue weighted by Gasteiger charge is -2.07. The summed E-state index contributed by atoms with van der Waals surface area (Å²) in [5.74, 6) is -0.231. The second kappa shape index (κ2) is 5.44. The van der Waals surface area contributed by atoms with Crippen LogP contribution in [0.1, 0.15) is 16.7 Å². The summed E-state index contributed by atoms with van der Waals surface area (Å²) in [4.78, 5) is 14.8. The molecule has 0 amide bonds. The van der Waals surface area contributed by atoms with Gasteiger partial charge in [0.05, 0.1) is 5.75 Å². The first-order valence-electron chi connectivity index (χ1n) is 5.82. The lowest BCUT2D eigenvalue weighted by molar-refractivity contribution is -0.133. The highest BCUT2D eigenvalue weighted by Crippen LogP contribution is 2.26. The molecule has 2 aromatic rings. The van der Waals surface area contributed by atoms with Gasteiger partial charge in [-0.05, 0) is 31.9 Å². The Kier molecular flexibility index (Phi) is 3.90. The van der Waals surface area contributed by atoms with E-state index in [0.29, 0.717) is 11.0 Å². The molecule has 0 unspecified atom stereocenters. The molecule has 0 aliphatic heterocycles.